The normalized spacial score (nSPS) is 16.9. The van der Waals surface area contributed by atoms with Crippen LogP contribution in [0.5, 0.6) is 0 Å². The maximum Gasteiger partial charge on any atom is 0.433 e. The van der Waals surface area contributed by atoms with Gasteiger partial charge in [0.2, 0.25) is 0 Å². The van der Waals surface area contributed by atoms with Crippen molar-refractivity contribution in [3.05, 3.63) is 76.2 Å². The standard InChI is InChI=1S/C25H21F9N4O/c1-13(19-11-37-20(25(32,33)34)10-18(19)21-35-5-2-6-36-21)38(12-14-3-4-14)22(39)15-7-16(23(26,27)28)9-17(8-15)24(29,30)31/h2,5,7-11,13-14H,3-4,6,12H2,1H3,(H,35,36). The molecule has 0 spiro atoms. The molecule has 39 heavy (non-hydrogen) atoms. The number of halogens is 9. The lowest BCUT2D eigenvalue weighted by atomic mass is 9.98. The van der Waals surface area contributed by atoms with Crippen LogP contribution in [0.15, 0.2) is 47.7 Å². The number of carbonyl (C=O) groups excluding carboxylic acids is 1. The van der Waals surface area contributed by atoms with Crippen LogP contribution in [-0.4, -0.2) is 34.7 Å². The third-order valence-corrected chi connectivity index (χ3v) is 6.34. The Kier molecular flexibility index (Phi) is 7.43. The van der Waals surface area contributed by atoms with Crippen molar-refractivity contribution in [3.8, 4) is 0 Å². The van der Waals surface area contributed by atoms with Gasteiger partial charge in [0.15, 0.2) is 0 Å². The maximum atomic E-state index is 13.5. The van der Waals surface area contributed by atoms with Gasteiger partial charge < -0.3 is 10.2 Å². The zero-order chi connectivity index (χ0) is 28.8. The summed E-state index contributed by atoms with van der Waals surface area (Å²) in [5.74, 6) is -1.15. The van der Waals surface area contributed by atoms with Crippen molar-refractivity contribution in [2.45, 2.75) is 44.3 Å². The van der Waals surface area contributed by atoms with Gasteiger partial charge in [-0.2, -0.15) is 39.5 Å². The molecule has 1 atom stereocenters. The number of nitrogens with zero attached hydrogens (tertiary/aromatic N) is 3. The fourth-order valence-electron chi connectivity index (χ4n) is 4.11. The van der Waals surface area contributed by atoms with Crippen LogP contribution < -0.4 is 5.32 Å². The molecule has 0 bridgehead atoms. The molecular formula is C25H21F9N4O. The number of aromatic nitrogens is 1. The van der Waals surface area contributed by atoms with Gasteiger partial charge in [-0.15, -0.1) is 0 Å². The topological polar surface area (TPSA) is 57.6 Å². The number of aliphatic imine (C=N–C) groups is 1. The lowest BCUT2D eigenvalue weighted by molar-refractivity contribution is -0.143. The number of hydrogen-bond donors (Lipinski definition) is 1. The third-order valence-electron chi connectivity index (χ3n) is 6.34. The summed E-state index contributed by atoms with van der Waals surface area (Å²) in [6.45, 7) is 1.54. The molecule has 2 aromatic rings. The highest BCUT2D eigenvalue weighted by Crippen LogP contribution is 2.39. The molecule has 1 aromatic carbocycles. The molecule has 1 saturated carbocycles. The SMILES string of the molecule is CC(c1cnc(C(F)(F)F)cc1C1=NCC=CN1)N(CC1CC1)C(=O)c1cc(C(F)(F)F)cc(C(F)(F)F)c1. The van der Waals surface area contributed by atoms with Gasteiger partial charge in [0, 0.05) is 35.6 Å². The minimum Gasteiger partial charge on any atom is -0.347 e. The van der Waals surface area contributed by atoms with Crippen molar-refractivity contribution in [3.63, 3.8) is 0 Å². The smallest absolute Gasteiger partial charge is 0.347 e. The zero-order valence-electron chi connectivity index (χ0n) is 20.2. The first-order valence-corrected chi connectivity index (χ1v) is 11.7. The average Bonchev–Trinajstić information content (AvgIpc) is 3.69. The van der Waals surface area contributed by atoms with Crippen LogP contribution in [0.2, 0.25) is 0 Å². The van der Waals surface area contributed by atoms with Crippen LogP contribution in [-0.2, 0) is 18.5 Å². The second-order valence-corrected chi connectivity index (χ2v) is 9.26. The van der Waals surface area contributed by atoms with Gasteiger partial charge in [-0.25, -0.2) is 0 Å². The number of nitrogens with one attached hydrogen (secondary N) is 1. The molecular weight excluding hydrogens is 543 g/mol. The maximum absolute atomic E-state index is 13.5. The average molecular weight is 564 g/mol. The molecule has 210 valence electrons. The van der Waals surface area contributed by atoms with Crippen LogP contribution in [0.1, 0.15) is 64.1 Å². The van der Waals surface area contributed by atoms with Crippen molar-refractivity contribution < 1.29 is 44.3 Å². The second-order valence-electron chi connectivity index (χ2n) is 9.26. The number of benzene rings is 1. The van der Waals surface area contributed by atoms with Gasteiger partial charge in [-0.1, -0.05) is 0 Å². The van der Waals surface area contributed by atoms with E-state index in [1.54, 1.807) is 6.08 Å². The van der Waals surface area contributed by atoms with E-state index in [1.165, 1.54) is 13.1 Å². The Morgan fingerprint density at radius 2 is 1.59 bits per heavy atom. The molecule has 2 heterocycles. The molecule has 0 radical (unpaired) electrons. The molecule has 1 aliphatic carbocycles. The fraction of sp³-hybridized carbons (Fsp3) is 0.400. The van der Waals surface area contributed by atoms with E-state index in [0.29, 0.717) is 25.0 Å². The molecule has 0 saturated heterocycles. The number of alkyl halides is 9. The number of amides is 1. The minimum atomic E-state index is -5.16. The summed E-state index contributed by atoms with van der Waals surface area (Å²) in [6.07, 6.45) is -9.83. The van der Waals surface area contributed by atoms with Crippen molar-refractivity contribution in [1.29, 1.82) is 0 Å². The van der Waals surface area contributed by atoms with E-state index >= 15 is 0 Å². The van der Waals surface area contributed by atoms with Crippen LogP contribution in [0.25, 0.3) is 0 Å². The van der Waals surface area contributed by atoms with Gasteiger partial charge in [0.05, 0.1) is 23.7 Å². The molecule has 4 rings (SSSR count). The summed E-state index contributed by atoms with van der Waals surface area (Å²) in [5, 5.41) is 2.73. The predicted octanol–water partition coefficient (Wildman–Crippen LogP) is 6.61. The van der Waals surface area contributed by atoms with E-state index in [0.717, 1.165) is 17.2 Å². The molecule has 1 aromatic heterocycles. The minimum absolute atomic E-state index is 0.0299. The Morgan fingerprint density at radius 1 is 0.974 bits per heavy atom. The number of amidine groups is 1. The molecule has 1 aliphatic heterocycles. The highest BCUT2D eigenvalue weighted by molar-refractivity contribution is 6.01. The Hall–Kier alpha value is -3.58. The first-order valence-electron chi connectivity index (χ1n) is 11.7. The van der Waals surface area contributed by atoms with Gasteiger partial charge in [-0.05, 0) is 56.0 Å². The van der Waals surface area contributed by atoms with E-state index in [2.05, 4.69) is 15.3 Å². The largest absolute Gasteiger partial charge is 0.433 e. The summed E-state index contributed by atoms with van der Waals surface area (Å²) in [4.78, 5) is 22.2. The second kappa shape index (κ2) is 10.2. The van der Waals surface area contributed by atoms with Crippen molar-refractivity contribution in [2.24, 2.45) is 10.9 Å². The first kappa shape index (κ1) is 28.4. The number of pyridine rings is 1. The highest BCUT2D eigenvalue weighted by atomic mass is 19.4. The first-order chi connectivity index (χ1) is 18.1. The quantitative estimate of drug-likeness (QED) is 0.402. The molecule has 2 aliphatic rings. The summed E-state index contributed by atoms with van der Waals surface area (Å²) in [7, 11) is 0. The van der Waals surface area contributed by atoms with E-state index in [4.69, 9.17) is 0 Å². The van der Waals surface area contributed by atoms with Crippen molar-refractivity contribution in [1.82, 2.24) is 15.2 Å². The lowest BCUT2D eigenvalue weighted by Gasteiger charge is -2.32. The Labute approximate surface area is 216 Å². The Bertz CT molecular complexity index is 1280. The van der Waals surface area contributed by atoms with E-state index in [-0.39, 0.29) is 42.0 Å². The summed E-state index contributed by atoms with van der Waals surface area (Å²) in [5.41, 5.74) is -5.35. The predicted molar refractivity (Wildman–Crippen MR) is 122 cm³/mol. The van der Waals surface area contributed by atoms with Gasteiger partial charge in [0.25, 0.3) is 5.91 Å². The molecule has 1 unspecified atom stereocenters. The molecule has 1 amide bonds. The highest BCUT2D eigenvalue weighted by Gasteiger charge is 2.40. The van der Waals surface area contributed by atoms with E-state index in [9.17, 15) is 44.3 Å². The third kappa shape index (κ3) is 6.53. The van der Waals surface area contributed by atoms with E-state index in [1.807, 2.05) is 0 Å². The number of carbonyl (C=O) groups is 1. The summed E-state index contributed by atoms with van der Waals surface area (Å²) < 4.78 is 121. The number of hydrogen-bond acceptors (Lipinski definition) is 4. The zero-order valence-corrected chi connectivity index (χ0v) is 20.2. The molecule has 1 N–H and O–H groups in total. The molecule has 5 nitrogen and oxygen atoms in total. The van der Waals surface area contributed by atoms with Crippen molar-refractivity contribution >= 4 is 11.7 Å². The van der Waals surface area contributed by atoms with Gasteiger partial charge >= 0.3 is 18.5 Å². The van der Waals surface area contributed by atoms with Crippen LogP contribution in [0.3, 0.4) is 0 Å². The van der Waals surface area contributed by atoms with Crippen LogP contribution >= 0.6 is 0 Å². The van der Waals surface area contributed by atoms with Crippen molar-refractivity contribution in [2.75, 3.05) is 13.1 Å². The summed E-state index contributed by atoms with van der Waals surface area (Å²) >= 11 is 0. The van der Waals surface area contributed by atoms with Crippen LogP contribution in [0, 0.1) is 5.92 Å². The Balaban J connectivity index is 1.81. The van der Waals surface area contributed by atoms with Gasteiger partial charge in [0.1, 0.15) is 11.5 Å². The van der Waals surface area contributed by atoms with E-state index < -0.39 is 52.9 Å². The lowest BCUT2D eigenvalue weighted by Crippen LogP contribution is -2.37. The molecule has 1 fully saturated rings. The van der Waals surface area contributed by atoms with Gasteiger partial charge in [-0.3, -0.25) is 14.8 Å². The monoisotopic (exact) mass is 564 g/mol. The number of rotatable bonds is 6. The van der Waals surface area contributed by atoms with Crippen LogP contribution in [0.4, 0.5) is 39.5 Å². The Morgan fingerprint density at radius 3 is 2.08 bits per heavy atom. The fourth-order valence-corrected chi connectivity index (χ4v) is 4.11. The summed E-state index contributed by atoms with van der Waals surface area (Å²) in [6, 6.07) is 0.260. The molecule has 14 heteroatoms.